The third-order valence-corrected chi connectivity index (χ3v) is 3.34. The topological polar surface area (TPSA) is 21.3 Å². The number of hydrogen-bond acceptors (Lipinski definition) is 2. The lowest BCUT2D eigenvalue weighted by Gasteiger charge is -2.23. The van der Waals surface area contributed by atoms with Crippen LogP contribution < -0.4 is 10.1 Å². The van der Waals surface area contributed by atoms with E-state index in [-0.39, 0.29) is 0 Å². The highest BCUT2D eigenvalue weighted by Crippen LogP contribution is 2.37. The van der Waals surface area contributed by atoms with Crippen LogP contribution in [0.1, 0.15) is 23.7 Å². The second-order valence-corrected chi connectivity index (χ2v) is 4.47. The van der Waals surface area contributed by atoms with Gasteiger partial charge in [-0.15, -0.1) is 0 Å². The molecule has 0 fully saturated rings. The average Bonchev–Trinajstić information content (AvgIpc) is 2.18. The molecular formula is C11H14BrNO. The van der Waals surface area contributed by atoms with Gasteiger partial charge in [-0.05, 0) is 25.0 Å². The standard InChI is InChI=1S/C11H14BrNO/c1-2-14-8-3-4-9-10(12)5-6-13-11(9)7-8/h3-4,7,10,13H,2,5-6H2,1H3. The molecule has 0 saturated carbocycles. The molecule has 0 radical (unpaired) electrons. The van der Waals surface area contributed by atoms with Gasteiger partial charge in [0.05, 0.1) is 6.61 Å². The van der Waals surface area contributed by atoms with Gasteiger partial charge in [0, 0.05) is 23.1 Å². The fraction of sp³-hybridized carbons (Fsp3) is 0.455. The second-order valence-electron chi connectivity index (χ2n) is 3.37. The first-order chi connectivity index (χ1) is 6.81. The van der Waals surface area contributed by atoms with E-state index in [1.54, 1.807) is 0 Å². The van der Waals surface area contributed by atoms with E-state index in [2.05, 4.69) is 33.4 Å². The molecule has 0 amide bonds. The Hall–Kier alpha value is -0.700. The monoisotopic (exact) mass is 255 g/mol. The predicted octanol–water partition coefficient (Wildman–Crippen LogP) is 3.34. The summed E-state index contributed by atoms with van der Waals surface area (Å²) in [4.78, 5) is 0.481. The Bertz CT molecular complexity index is 327. The molecule has 0 aliphatic carbocycles. The highest BCUT2D eigenvalue weighted by molar-refractivity contribution is 9.09. The maximum Gasteiger partial charge on any atom is 0.121 e. The van der Waals surface area contributed by atoms with Crippen LogP contribution in [0.5, 0.6) is 5.75 Å². The molecule has 1 heterocycles. The van der Waals surface area contributed by atoms with Gasteiger partial charge in [-0.2, -0.15) is 0 Å². The summed E-state index contributed by atoms with van der Waals surface area (Å²) >= 11 is 3.67. The Kier molecular flexibility index (Phi) is 2.96. The summed E-state index contributed by atoms with van der Waals surface area (Å²) in [6.07, 6.45) is 1.14. The predicted molar refractivity (Wildman–Crippen MR) is 62.4 cm³/mol. The van der Waals surface area contributed by atoms with Crippen LogP contribution in [0.15, 0.2) is 18.2 Å². The smallest absolute Gasteiger partial charge is 0.121 e. The minimum Gasteiger partial charge on any atom is -0.494 e. The second kappa shape index (κ2) is 4.22. The SMILES string of the molecule is CCOc1ccc2c(c1)NCCC2Br. The van der Waals surface area contributed by atoms with E-state index in [0.717, 1.165) is 25.3 Å². The summed E-state index contributed by atoms with van der Waals surface area (Å²) in [5.41, 5.74) is 2.53. The molecule has 1 aliphatic rings. The highest BCUT2D eigenvalue weighted by Gasteiger charge is 2.17. The third kappa shape index (κ3) is 1.87. The van der Waals surface area contributed by atoms with E-state index in [9.17, 15) is 0 Å². The van der Waals surface area contributed by atoms with E-state index >= 15 is 0 Å². The summed E-state index contributed by atoms with van der Waals surface area (Å²) < 4.78 is 5.45. The maximum absolute atomic E-state index is 5.45. The van der Waals surface area contributed by atoms with Gasteiger partial charge < -0.3 is 10.1 Å². The van der Waals surface area contributed by atoms with Gasteiger partial charge in [0.25, 0.3) is 0 Å². The van der Waals surface area contributed by atoms with Crippen LogP contribution in [0.25, 0.3) is 0 Å². The molecule has 0 aromatic heterocycles. The number of fused-ring (bicyclic) bond motifs is 1. The van der Waals surface area contributed by atoms with Gasteiger partial charge in [0.15, 0.2) is 0 Å². The van der Waals surface area contributed by atoms with E-state index in [1.165, 1.54) is 11.3 Å². The maximum atomic E-state index is 5.45. The molecule has 1 N–H and O–H groups in total. The van der Waals surface area contributed by atoms with Gasteiger partial charge in [0.1, 0.15) is 5.75 Å². The van der Waals surface area contributed by atoms with Crippen molar-refractivity contribution in [2.24, 2.45) is 0 Å². The van der Waals surface area contributed by atoms with Crippen molar-refractivity contribution in [2.75, 3.05) is 18.5 Å². The first kappa shape index (κ1) is 9.84. The summed E-state index contributed by atoms with van der Waals surface area (Å²) in [6, 6.07) is 6.24. The van der Waals surface area contributed by atoms with Gasteiger partial charge >= 0.3 is 0 Å². The Morgan fingerprint density at radius 1 is 1.57 bits per heavy atom. The van der Waals surface area contributed by atoms with Gasteiger partial charge in [-0.25, -0.2) is 0 Å². The molecule has 0 spiro atoms. The fourth-order valence-corrected chi connectivity index (χ4v) is 2.34. The van der Waals surface area contributed by atoms with Crippen molar-refractivity contribution >= 4 is 21.6 Å². The van der Waals surface area contributed by atoms with Gasteiger partial charge in [-0.1, -0.05) is 22.0 Å². The minimum atomic E-state index is 0.481. The molecule has 1 unspecified atom stereocenters. The van der Waals surface area contributed by atoms with Crippen LogP contribution >= 0.6 is 15.9 Å². The number of halogens is 1. The molecule has 3 heteroatoms. The number of alkyl halides is 1. The molecule has 1 aliphatic heterocycles. The third-order valence-electron chi connectivity index (χ3n) is 2.39. The van der Waals surface area contributed by atoms with Crippen molar-refractivity contribution in [1.82, 2.24) is 0 Å². The molecular weight excluding hydrogens is 242 g/mol. The minimum absolute atomic E-state index is 0.481. The molecule has 76 valence electrons. The zero-order valence-electron chi connectivity index (χ0n) is 8.22. The molecule has 0 bridgehead atoms. The van der Waals surface area contributed by atoms with Crippen molar-refractivity contribution in [2.45, 2.75) is 18.2 Å². The quantitative estimate of drug-likeness (QED) is 0.819. The number of anilines is 1. The van der Waals surface area contributed by atoms with E-state index < -0.39 is 0 Å². The summed E-state index contributed by atoms with van der Waals surface area (Å²) in [7, 11) is 0. The molecule has 2 nitrogen and oxygen atoms in total. The van der Waals surface area contributed by atoms with Gasteiger partial charge in [-0.3, -0.25) is 0 Å². The molecule has 0 saturated heterocycles. The Morgan fingerprint density at radius 3 is 3.21 bits per heavy atom. The van der Waals surface area contributed by atoms with Crippen LogP contribution in [0.2, 0.25) is 0 Å². The lowest BCUT2D eigenvalue weighted by molar-refractivity contribution is 0.340. The van der Waals surface area contributed by atoms with Crippen LogP contribution in [0.3, 0.4) is 0 Å². The van der Waals surface area contributed by atoms with E-state index in [1.807, 2.05) is 13.0 Å². The van der Waals surface area contributed by atoms with Crippen molar-refractivity contribution in [3.8, 4) is 5.75 Å². The zero-order chi connectivity index (χ0) is 9.97. The Morgan fingerprint density at radius 2 is 2.43 bits per heavy atom. The number of ether oxygens (including phenoxy) is 1. The first-order valence-corrected chi connectivity index (χ1v) is 5.87. The van der Waals surface area contributed by atoms with Crippen molar-refractivity contribution in [3.05, 3.63) is 23.8 Å². The molecule has 1 atom stereocenters. The molecule has 14 heavy (non-hydrogen) atoms. The largest absolute Gasteiger partial charge is 0.494 e. The zero-order valence-corrected chi connectivity index (χ0v) is 9.80. The Balaban J connectivity index is 2.29. The van der Waals surface area contributed by atoms with Crippen molar-refractivity contribution in [1.29, 1.82) is 0 Å². The Labute approximate surface area is 92.8 Å². The number of benzene rings is 1. The summed E-state index contributed by atoms with van der Waals surface area (Å²) in [5, 5.41) is 3.38. The van der Waals surface area contributed by atoms with Crippen molar-refractivity contribution in [3.63, 3.8) is 0 Å². The highest BCUT2D eigenvalue weighted by atomic mass is 79.9. The van der Waals surface area contributed by atoms with Crippen LogP contribution in [-0.2, 0) is 0 Å². The summed E-state index contributed by atoms with van der Waals surface area (Å²) in [6.45, 7) is 3.75. The number of rotatable bonds is 2. The fourth-order valence-electron chi connectivity index (χ4n) is 1.71. The summed E-state index contributed by atoms with van der Waals surface area (Å²) in [5.74, 6) is 0.945. The molecule has 2 rings (SSSR count). The first-order valence-electron chi connectivity index (χ1n) is 4.96. The average molecular weight is 256 g/mol. The lowest BCUT2D eigenvalue weighted by atomic mass is 10.0. The van der Waals surface area contributed by atoms with E-state index in [0.29, 0.717) is 4.83 Å². The number of hydrogen-bond donors (Lipinski definition) is 1. The van der Waals surface area contributed by atoms with Crippen molar-refractivity contribution < 1.29 is 4.74 Å². The lowest BCUT2D eigenvalue weighted by Crippen LogP contribution is -2.13. The molecule has 1 aromatic rings. The van der Waals surface area contributed by atoms with Crippen LogP contribution in [0, 0.1) is 0 Å². The number of nitrogens with one attached hydrogen (secondary N) is 1. The van der Waals surface area contributed by atoms with Gasteiger partial charge in [0.2, 0.25) is 0 Å². The normalized spacial score (nSPS) is 19.7. The van der Waals surface area contributed by atoms with Crippen LogP contribution in [-0.4, -0.2) is 13.2 Å². The van der Waals surface area contributed by atoms with E-state index in [4.69, 9.17) is 4.74 Å². The molecule has 1 aromatic carbocycles. The van der Waals surface area contributed by atoms with Crippen LogP contribution in [0.4, 0.5) is 5.69 Å².